The second kappa shape index (κ2) is 6.34. The van der Waals surface area contributed by atoms with E-state index in [1.807, 2.05) is 42.2 Å². The van der Waals surface area contributed by atoms with Crippen LogP contribution in [0.3, 0.4) is 0 Å². The second-order valence-corrected chi connectivity index (χ2v) is 6.04. The number of nitrogens with zero attached hydrogens (tertiary/aromatic N) is 2. The van der Waals surface area contributed by atoms with Gasteiger partial charge in [0, 0.05) is 13.1 Å². The van der Waals surface area contributed by atoms with E-state index in [2.05, 4.69) is 6.07 Å². The number of aliphatic hydroxyl groups excluding tert-OH is 1. The van der Waals surface area contributed by atoms with Gasteiger partial charge in [-0.15, -0.1) is 0 Å². The van der Waals surface area contributed by atoms with Gasteiger partial charge in [-0.05, 0) is 41.3 Å². The minimum absolute atomic E-state index is 0.0575. The van der Waals surface area contributed by atoms with Crippen molar-refractivity contribution in [3.63, 3.8) is 0 Å². The van der Waals surface area contributed by atoms with Crippen molar-refractivity contribution in [3.05, 3.63) is 53.1 Å². The maximum Gasteiger partial charge on any atom is 0.310 e. The molecule has 0 bridgehead atoms. The minimum Gasteiger partial charge on any atom is -0.481 e. The van der Waals surface area contributed by atoms with Crippen molar-refractivity contribution in [2.75, 3.05) is 18.0 Å². The van der Waals surface area contributed by atoms with Gasteiger partial charge in [0.15, 0.2) is 0 Å². The molecule has 1 saturated heterocycles. The van der Waals surface area contributed by atoms with Gasteiger partial charge in [-0.25, -0.2) is 0 Å². The molecule has 0 atom stereocenters. The van der Waals surface area contributed by atoms with Crippen LogP contribution < -0.4 is 4.90 Å². The Labute approximate surface area is 140 Å². The zero-order valence-electron chi connectivity index (χ0n) is 13.4. The molecule has 2 aromatic carbocycles. The van der Waals surface area contributed by atoms with E-state index in [0.29, 0.717) is 18.7 Å². The van der Waals surface area contributed by atoms with E-state index >= 15 is 0 Å². The number of benzene rings is 2. The van der Waals surface area contributed by atoms with Crippen molar-refractivity contribution in [2.45, 2.75) is 13.5 Å². The van der Waals surface area contributed by atoms with Crippen LogP contribution >= 0.6 is 0 Å². The first-order valence-electron chi connectivity index (χ1n) is 7.76. The molecule has 1 aliphatic heterocycles. The van der Waals surface area contributed by atoms with Gasteiger partial charge in [0.25, 0.3) is 0 Å². The molecule has 0 spiro atoms. The summed E-state index contributed by atoms with van der Waals surface area (Å²) in [5.41, 5.74) is 4.92. The highest BCUT2D eigenvalue weighted by Crippen LogP contribution is 2.33. The van der Waals surface area contributed by atoms with Gasteiger partial charge in [0.2, 0.25) is 0 Å². The van der Waals surface area contributed by atoms with E-state index in [9.17, 15) is 15.2 Å². The Morgan fingerprint density at radius 2 is 2.08 bits per heavy atom. The third-order valence-corrected chi connectivity index (χ3v) is 4.57. The molecule has 24 heavy (non-hydrogen) atoms. The lowest BCUT2D eigenvalue weighted by atomic mass is 9.93. The number of hydrogen-bond donors (Lipinski definition) is 2. The Morgan fingerprint density at radius 3 is 2.71 bits per heavy atom. The summed E-state index contributed by atoms with van der Waals surface area (Å²) in [6.45, 7) is 2.74. The Kier molecular flexibility index (Phi) is 4.24. The lowest BCUT2D eigenvalue weighted by molar-refractivity contribution is -0.142. The van der Waals surface area contributed by atoms with Gasteiger partial charge in [0.05, 0.1) is 23.8 Å². The van der Waals surface area contributed by atoms with Gasteiger partial charge in [0.1, 0.15) is 6.07 Å². The van der Waals surface area contributed by atoms with Gasteiger partial charge < -0.3 is 15.1 Å². The number of carbonyl (C=O) groups is 1. The van der Waals surface area contributed by atoms with Crippen LogP contribution in [0.15, 0.2) is 36.4 Å². The smallest absolute Gasteiger partial charge is 0.310 e. The highest BCUT2D eigenvalue weighted by Gasteiger charge is 2.33. The molecule has 122 valence electrons. The van der Waals surface area contributed by atoms with Crippen LogP contribution in [0.1, 0.15) is 16.7 Å². The van der Waals surface area contributed by atoms with Crippen LogP contribution in [0, 0.1) is 24.2 Å². The molecule has 1 heterocycles. The predicted octanol–water partition coefficient (Wildman–Crippen LogP) is 2.55. The summed E-state index contributed by atoms with van der Waals surface area (Å²) < 4.78 is 0. The quantitative estimate of drug-likeness (QED) is 0.903. The molecule has 5 heteroatoms. The maximum absolute atomic E-state index is 10.9. The number of nitriles is 1. The Hall–Kier alpha value is -2.84. The highest BCUT2D eigenvalue weighted by molar-refractivity contribution is 5.78. The minimum atomic E-state index is -0.797. The molecule has 2 N–H and O–H groups in total. The summed E-state index contributed by atoms with van der Waals surface area (Å²) in [6, 6.07) is 13.6. The Morgan fingerprint density at radius 1 is 1.33 bits per heavy atom. The zero-order valence-corrected chi connectivity index (χ0v) is 13.4. The third-order valence-electron chi connectivity index (χ3n) is 4.57. The SMILES string of the molecule is Cc1cccc(-c2ccc(N3CC(C(=O)O)C3)c(C#N)c2)c1CO. The zero-order chi connectivity index (χ0) is 17.3. The first kappa shape index (κ1) is 16.0. The molecule has 0 amide bonds. The van der Waals surface area contributed by atoms with E-state index in [4.69, 9.17) is 5.11 Å². The fourth-order valence-corrected chi connectivity index (χ4v) is 3.08. The van der Waals surface area contributed by atoms with Crippen molar-refractivity contribution in [2.24, 2.45) is 5.92 Å². The number of hydrogen-bond acceptors (Lipinski definition) is 4. The molecular weight excluding hydrogens is 304 g/mol. The van der Waals surface area contributed by atoms with Crippen molar-refractivity contribution in [1.29, 1.82) is 5.26 Å². The standard InChI is InChI=1S/C19H18N2O3/c1-12-3-2-4-16(17(12)11-22)13-5-6-18(14(7-13)8-20)21-9-15(10-21)19(23)24/h2-7,15,22H,9-11H2,1H3,(H,23,24). The van der Waals surface area contributed by atoms with Crippen LogP contribution in [-0.4, -0.2) is 29.3 Å². The largest absolute Gasteiger partial charge is 0.481 e. The van der Waals surface area contributed by atoms with E-state index in [1.54, 1.807) is 6.07 Å². The maximum atomic E-state index is 10.9. The fraction of sp³-hybridized carbons (Fsp3) is 0.263. The van der Waals surface area contributed by atoms with Crippen LogP contribution in [0.5, 0.6) is 0 Å². The van der Waals surface area contributed by atoms with Crippen molar-refractivity contribution in [3.8, 4) is 17.2 Å². The summed E-state index contributed by atoms with van der Waals surface area (Å²) in [5.74, 6) is -1.16. The number of carboxylic acids is 1. The number of aliphatic carboxylic acids is 1. The summed E-state index contributed by atoms with van der Waals surface area (Å²) in [6.07, 6.45) is 0. The third kappa shape index (κ3) is 2.72. The van der Waals surface area contributed by atoms with E-state index in [0.717, 1.165) is 27.9 Å². The molecule has 0 aliphatic carbocycles. The number of aryl methyl sites for hydroxylation is 1. The molecule has 3 rings (SSSR count). The highest BCUT2D eigenvalue weighted by atomic mass is 16.4. The summed E-state index contributed by atoms with van der Waals surface area (Å²) in [7, 11) is 0. The van der Waals surface area contributed by atoms with Crippen LogP contribution in [0.25, 0.3) is 11.1 Å². The predicted molar refractivity (Wildman–Crippen MR) is 90.6 cm³/mol. The van der Waals surface area contributed by atoms with Crippen molar-refractivity contribution >= 4 is 11.7 Å². The van der Waals surface area contributed by atoms with Gasteiger partial charge in [-0.1, -0.05) is 24.3 Å². The van der Waals surface area contributed by atoms with Crippen LogP contribution in [-0.2, 0) is 11.4 Å². The van der Waals surface area contributed by atoms with E-state index in [1.165, 1.54) is 0 Å². The van der Waals surface area contributed by atoms with E-state index in [-0.39, 0.29) is 12.5 Å². The molecular formula is C19H18N2O3. The molecule has 0 aromatic heterocycles. The Bertz CT molecular complexity index is 833. The van der Waals surface area contributed by atoms with Crippen LogP contribution in [0.4, 0.5) is 5.69 Å². The number of aliphatic hydroxyl groups is 1. The number of rotatable bonds is 4. The number of anilines is 1. The fourth-order valence-electron chi connectivity index (χ4n) is 3.08. The lowest BCUT2D eigenvalue weighted by Crippen LogP contribution is -2.50. The molecule has 1 aliphatic rings. The first-order chi connectivity index (χ1) is 11.5. The van der Waals surface area contributed by atoms with Gasteiger partial charge in [-0.2, -0.15) is 5.26 Å². The molecule has 0 radical (unpaired) electrons. The number of carboxylic acid groups (broad SMARTS) is 1. The van der Waals surface area contributed by atoms with E-state index < -0.39 is 5.97 Å². The topological polar surface area (TPSA) is 84.6 Å². The normalized spacial score (nSPS) is 14.1. The van der Waals surface area contributed by atoms with Crippen molar-refractivity contribution < 1.29 is 15.0 Å². The summed E-state index contributed by atoms with van der Waals surface area (Å²) in [4.78, 5) is 12.8. The first-order valence-corrected chi connectivity index (χ1v) is 7.76. The molecule has 0 saturated carbocycles. The average Bonchev–Trinajstić information content (AvgIpc) is 2.53. The Balaban J connectivity index is 1.95. The monoisotopic (exact) mass is 322 g/mol. The lowest BCUT2D eigenvalue weighted by Gasteiger charge is -2.39. The molecule has 2 aromatic rings. The van der Waals surface area contributed by atoms with Crippen molar-refractivity contribution in [1.82, 2.24) is 0 Å². The van der Waals surface area contributed by atoms with Crippen LogP contribution in [0.2, 0.25) is 0 Å². The summed E-state index contributed by atoms with van der Waals surface area (Å²) in [5, 5.41) is 28.1. The molecule has 1 fully saturated rings. The average molecular weight is 322 g/mol. The van der Waals surface area contributed by atoms with Gasteiger partial charge >= 0.3 is 5.97 Å². The molecule has 5 nitrogen and oxygen atoms in total. The second-order valence-electron chi connectivity index (χ2n) is 6.04. The molecule has 0 unspecified atom stereocenters. The van der Waals surface area contributed by atoms with Gasteiger partial charge in [-0.3, -0.25) is 4.79 Å². The summed E-state index contributed by atoms with van der Waals surface area (Å²) >= 11 is 0.